The zero-order valence-electron chi connectivity index (χ0n) is 20.4. The molecule has 2 atom stereocenters. The number of esters is 1. The third kappa shape index (κ3) is 4.67. The summed E-state index contributed by atoms with van der Waals surface area (Å²) in [7, 11) is 2.89. The Bertz CT molecular complexity index is 1320. The number of hydrogen-bond acceptors (Lipinski definition) is 7. The van der Waals surface area contributed by atoms with Gasteiger partial charge in [0.2, 0.25) is 18.0 Å². The summed E-state index contributed by atoms with van der Waals surface area (Å²) in [6.45, 7) is 0.434. The number of ether oxygens (including phenoxy) is 4. The standard InChI is InChI=1S/C28H26N2O7/c1-34-22-14-12-20-24(25(22)35-2)28(33)37-27(20)30-21(13-15-23(30)31)26(32)29-18-8-10-19(11-9-18)36-16-17-6-4-3-5-7-17/h3-12,14,21,27H,13,15-16H2,1-2H3,(H,29,32). The topological polar surface area (TPSA) is 103 Å². The molecule has 0 radical (unpaired) electrons. The number of cyclic esters (lactones) is 1. The number of hydrogen-bond donors (Lipinski definition) is 1. The van der Waals surface area contributed by atoms with Crippen molar-refractivity contribution in [1.82, 2.24) is 4.90 Å². The minimum atomic E-state index is -1.03. The second-order valence-corrected chi connectivity index (χ2v) is 8.67. The van der Waals surface area contributed by atoms with Crippen LogP contribution in [0.3, 0.4) is 0 Å². The van der Waals surface area contributed by atoms with Crippen molar-refractivity contribution in [2.24, 2.45) is 0 Å². The first-order valence-corrected chi connectivity index (χ1v) is 11.8. The lowest BCUT2D eigenvalue weighted by Crippen LogP contribution is -2.43. The molecule has 1 saturated heterocycles. The van der Waals surface area contributed by atoms with Gasteiger partial charge in [0.1, 0.15) is 24.0 Å². The first-order chi connectivity index (χ1) is 18.0. The maximum Gasteiger partial charge on any atom is 0.344 e. The van der Waals surface area contributed by atoms with E-state index in [2.05, 4.69) is 5.32 Å². The van der Waals surface area contributed by atoms with Crippen LogP contribution < -0.4 is 19.5 Å². The molecule has 3 aromatic rings. The summed E-state index contributed by atoms with van der Waals surface area (Å²) < 4.78 is 22.0. The van der Waals surface area contributed by atoms with Crippen LogP contribution in [0.5, 0.6) is 17.2 Å². The van der Waals surface area contributed by atoms with Gasteiger partial charge in [-0.15, -0.1) is 0 Å². The van der Waals surface area contributed by atoms with Crippen molar-refractivity contribution in [3.05, 3.63) is 83.4 Å². The highest BCUT2D eigenvalue weighted by Gasteiger charge is 2.47. The monoisotopic (exact) mass is 502 g/mol. The maximum atomic E-state index is 13.2. The molecule has 190 valence electrons. The molecule has 2 amide bonds. The summed E-state index contributed by atoms with van der Waals surface area (Å²) in [5.41, 5.74) is 2.26. The van der Waals surface area contributed by atoms with E-state index in [1.165, 1.54) is 19.1 Å². The number of rotatable bonds is 8. The Kier molecular flexibility index (Phi) is 6.68. The Morgan fingerprint density at radius 2 is 1.76 bits per heavy atom. The summed E-state index contributed by atoms with van der Waals surface area (Å²) >= 11 is 0. The Labute approximate surface area is 213 Å². The van der Waals surface area contributed by atoms with Crippen molar-refractivity contribution in [2.75, 3.05) is 19.5 Å². The highest BCUT2D eigenvalue weighted by Crippen LogP contribution is 2.45. The largest absolute Gasteiger partial charge is 0.493 e. The molecule has 9 nitrogen and oxygen atoms in total. The Balaban J connectivity index is 1.30. The van der Waals surface area contributed by atoms with Crippen LogP contribution in [0.4, 0.5) is 5.69 Å². The van der Waals surface area contributed by atoms with Crippen molar-refractivity contribution in [1.29, 1.82) is 0 Å². The molecule has 1 fully saturated rings. The Morgan fingerprint density at radius 3 is 2.46 bits per heavy atom. The predicted octanol–water partition coefficient (Wildman–Crippen LogP) is 4.08. The number of nitrogens with one attached hydrogen (secondary N) is 1. The van der Waals surface area contributed by atoms with Crippen molar-refractivity contribution in [3.63, 3.8) is 0 Å². The number of benzene rings is 3. The molecule has 9 heteroatoms. The molecule has 0 aromatic heterocycles. The van der Waals surface area contributed by atoms with Gasteiger partial charge < -0.3 is 24.3 Å². The fourth-order valence-corrected chi connectivity index (χ4v) is 4.64. The fourth-order valence-electron chi connectivity index (χ4n) is 4.64. The molecule has 1 N–H and O–H groups in total. The minimum absolute atomic E-state index is 0.168. The van der Waals surface area contributed by atoms with Gasteiger partial charge in [-0.1, -0.05) is 30.3 Å². The number of fused-ring (bicyclic) bond motifs is 1. The highest BCUT2D eigenvalue weighted by atomic mass is 16.6. The maximum absolute atomic E-state index is 13.2. The van der Waals surface area contributed by atoms with Gasteiger partial charge in [0.15, 0.2) is 11.5 Å². The first kappa shape index (κ1) is 24.2. The normalized spacial score (nSPS) is 18.3. The van der Waals surface area contributed by atoms with Crippen LogP contribution in [0, 0.1) is 0 Å². The zero-order valence-corrected chi connectivity index (χ0v) is 20.4. The quantitative estimate of drug-likeness (QED) is 0.463. The number of methoxy groups -OCH3 is 2. The lowest BCUT2D eigenvalue weighted by atomic mass is 10.1. The van der Waals surface area contributed by atoms with Crippen LogP contribution in [0.1, 0.15) is 40.6 Å². The molecule has 5 rings (SSSR count). The number of nitrogens with zero attached hydrogens (tertiary/aromatic N) is 1. The van der Waals surface area contributed by atoms with Crippen LogP contribution in [0.15, 0.2) is 66.7 Å². The van der Waals surface area contributed by atoms with Gasteiger partial charge >= 0.3 is 5.97 Å². The van der Waals surface area contributed by atoms with Gasteiger partial charge in [-0.2, -0.15) is 0 Å². The van der Waals surface area contributed by atoms with Crippen LogP contribution >= 0.6 is 0 Å². The molecule has 37 heavy (non-hydrogen) atoms. The average Bonchev–Trinajstić information content (AvgIpc) is 3.47. The van der Waals surface area contributed by atoms with Gasteiger partial charge in [-0.25, -0.2) is 4.79 Å². The number of carbonyl (C=O) groups excluding carboxylic acids is 3. The SMILES string of the molecule is COc1ccc2c(c1OC)C(=O)OC2N1C(=O)CCC1C(=O)Nc1ccc(OCc2ccccc2)cc1. The van der Waals surface area contributed by atoms with E-state index in [1.807, 2.05) is 30.3 Å². The Morgan fingerprint density at radius 1 is 1.00 bits per heavy atom. The van der Waals surface area contributed by atoms with E-state index in [4.69, 9.17) is 18.9 Å². The van der Waals surface area contributed by atoms with Crippen LogP contribution in [-0.4, -0.2) is 42.9 Å². The van der Waals surface area contributed by atoms with E-state index in [9.17, 15) is 14.4 Å². The van der Waals surface area contributed by atoms with Gasteiger partial charge in [-0.05, 0) is 48.4 Å². The molecule has 0 spiro atoms. The summed E-state index contributed by atoms with van der Waals surface area (Å²) in [6, 6.07) is 19.3. The van der Waals surface area contributed by atoms with E-state index < -0.39 is 18.2 Å². The van der Waals surface area contributed by atoms with Crippen molar-refractivity contribution in [3.8, 4) is 17.2 Å². The van der Waals surface area contributed by atoms with Gasteiger partial charge in [0, 0.05) is 17.7 Å². The molecule has 3 aromatic carbocycles. The number of likely N-dealkylation sites (tertiary alicyclic amines) is 1. The zero-order chi connectivity index (χ0) is 25.9. The third-order valence-corrected chi connectivity index (χ3v) is 6.45. The summed E-state index contributed by atoms with van der Waals surface area (Å²) in [5, 5.41) is 2.86. The van der Waals surface area contributed by atoms with E-state index >= 15 is 0 Å². The van der Waals surface area contributed by atoms with Crippen LogP contribution in [0.25, 0.3) is 0 Å². The molecular formula is C28H26N2O7. The lowest BCUT2D eigenvalue weighted by Gasteiger charge is -2.29. The molecule has 2 unspecified atom stereocenters. The van der Waals surface area contributed by atoms with Crippen molar-refractivity contribution < 1.29 is 33.3 Å². The number of anilines is 1. The van der Waals surface area contributed by atoms with Gasteiger partial charge in [0.05, 0.1) is 14.2 Å². The highest BCUT2D eigenvalue weighted by molar-refractivity contribution is 6.01. The van der Waals surface area contributed by atoms with E-state index in [0.717, 1.165) is 5.56 Å². The minimum Gasteiger partial charge on any atom is -0.493 e. The molecule has 2 aliphatic rings. The Hall–Kier alpha value is -4.53. The summed E-state index contributed by atoms with van der Waals surface area (Å²) in [5.74, 6) is -0.00935. The van der Waals surface area contributed by atoms with E-state index in [1.54, 1.807) is 36.4 Å². The van der Waals surface area contributed by atoms with Gasteiger partial charge in [-0.3, -0.25) is 14.5 Å². The van der Waals surface area contributed by atoms with Crippen molar-refractivity contribution in [2.45, 2.75) is 31.7 Å². The molecule has 0 bridgehead atoms. The van der Waals surface area contributed by atoms with Crippen molar-refractivity contribution >= 4 is 23.5 Å². The summed E-state index contributed by atoms with van der Waals surface area (Å²) in [4.78, 5) is 40.1. The molecular weight excluding hydrogens is 476 g/mol. The lowest BCUT2D eigenvalue weighted by molar-refractivity contribution is -0.144. The predicted molar refractivity (Wildman–Crippen MR) is 133 cm³/mol. The average molecular weight is 503 g/mol. The fraction of sp³-hybridized carbons (Fsp3) is 0.250. The number of carbonyl (C=O) groups is 3. The second kappa shape index (κ2) is 10.2. The second-order valence-electron chi connectivity index (χ2n) is 8.67. The van der Waals surface area contributed by atoms with E-state index in [0.29, 0.717) is 35.8 Å². The molecule has 2 aliphatic heterocycles. The molecule has 0 saturated carbocycles. The molecule has 2 heterocycles. The van der Waals surface area contributed by atoms with Crippen LogP contribution in [0.2, 0.25) is 0 Å². The number of amides is 2. The van der Waals surface area contributed by atoms with E-state index in [-0.39, 0.29) is 29.5 Å². The first-order valence-electron chi connectivity index (χ1n) is 11.8. The summed E-state index contributed by atoms with van der Waals surface area (Å²) in [6.07, 6.45) is -0.553. The smallest absolute Gasteiger partial charge is 0.344 e. The van der Waals surface area contributed by atoms with Gasteiger partial charge in [0.25, 0.3) is 0 Å². The molecule has 0 aliphatic carbocycles. The third-order valence-electron chi connectivity index (χ3n) is 6.45. The van der Waals surface area contributed by atoms with Crippen LogP contribution in [-0.2, 0) is 20.9 Å².